The highest BCUT2D eigenvalue weighted by Gasteiger charge is 2.14. The van der Waals surface area contributed by atoms with Gasteiger partial charge in [-0.2, -0.15) is 5.10 Å². The van der Waals surface area contributed by atoms with E-state index in [1.54, 1.807) is 0 Å². The predicted molar refractivity (Wildman–Crippen MR) is 95.4 cm³/mol. The molecule has 2 aromatic heterocycles. The van der Waals surface area contributed by atoms with E-state index in [0.717, 1.165) is 17.1 Å². The molecule has 0 fully saturated rings. The van der Waals surface area contributed by atoms with E-state index in [1.807, 2.05) is 53.5 Å². The zero-order valence-corrected chi connectivity index (χ0v) is 14.3. The summed E-state index contributed by atoms with van der Waals surface area (Å²) in [6.07, 6.45) is 5.78. The van der Waals surface area contributed by atoms with Crippen molar-refractivity contribution in [1.82, 2.24) is 25.1 Å². The summed E-state index contributed by atoms with van der Waals surface area (Å²) in [5, 5.41) is 7.93. The quantitative estimate of drug-likeness (QED) is 0.756. The second kappa shape index (κ2) is 7.36. The molecule has 2 atom stereocenters. The summed E-state index contributed by atoms with van der Waals surface area (Å²) in [6.45, 7) is 7.09. The van der Waals surface area contributed by atoms with E-state index in [2.05, 4.69) is 47.4 Å². The largest absolute Gasteiger partial charge is 0.307 e. The third kappa shape index (κ3) is 3.86. The lowest BCUT2D eigenvalue weighted by atomic mass is 10.1. The molecule has 1 N–H and O–H groups in total. The maximum atomic E-state index is 4.66. The van der Waals surface area contributed by atoms with Gasteiger partial charge in [-0.3, -0.25) is 4.68 Å². The molecule has 5 nitrogen and oxygen atoms in total. The van der Waals surface area contributed by atoms with Gasteiger partial charge in [0.1, 0.15) is 0 Å². The zero-order valence-electron chi connectivity index (χ0n) is 14.3. The summed E-state index contributed by atoms with van der Waals surface area (Å²) in [6, 6.07) is 12.5. The SMILES string of the molecule is Cc1cnn([C@@H](C)[C@@H](C)NCc2ccnc(-c3ccccc3)n2)c1. The molecular weight excluding hydrogens is 298 g/mol. The molecule has 0 radical (unpaired) electrons. The highest BCUT2D eigenvalue weighted by molar-refractivity contribution is 5.54. The minimum Gasteiger partial charge on any atom is -0.307 e. The summed E-state index contributed by atoms with van der Waals surface area (Å²) in [5.74, 6) is 0.762. The molecule has 0 bridgehead atoms. The van der Waals surface area contributed by atoms with Crippen LogP contribution in [0.2, 0.25) is 0 Å². The first kappa shape index (κ1) is 16.3. The van der Waals surface area contributed by atoms with Crippen molar-refractivity contribution in [2.45, 2.75) is 39.4 Å². The topological polar surface area (TPSA) is 55.6 Å². The van der Waals surface area contributed by atoms with Gasteiger partial charge in [0.2, 0.25) is 0 Å². The van der Waals surface area contributed by atoms with Crippen molar-refractivity contribution in [1.29, 1.82) is 0 Å². The van der Waals surface area contributed by atoms with Crippen LogP contribution in [0.4, 0.5) is 0 Å². The molecule has 2 heterocycles. The standard InChI is InChI=1S/C19H23N5/c1-14-11-22-24(13-14)16(3)15(2)21-12-18-9-10-20-19(23-18)17-7-5-4-6-8-17/h4-11,13,15-16,21H,12H2,1-3H3/t15-,16+/m1/s1. The van der Waals surface area contributed by atoms with E-state index >= 15 is 0 Å². The normalized spacial score (nSPS) is 13.6. The van der Waals surface area contributed by atoms with Crippen molar-refractivity contribution in [3.05, 3.63) is 66.2 Å². The Bertz CT molecular complexity index is 781. The molecule has 0 saturated heterocycles. The van der Waals surface area contributed by atoms with Crippen LogP contribution in [0.1, 0.15) is 31.1 Å². The number of nitrogens with one attached hydrogen (secondary N) is 1. The smallest absolute Gasteiger partial charge is 0.159 e. The Labute approximate surface area is 142 Å². The van der Waals surface area contributed by atoms with Gasteiger partial charge in [-0.1, -0.05) is 30.3 Å². The average molecular weight is 321 g/mol. The van der Waals surface area contributed by atoms with Gasteiger partial charge in [0.15, 0.2) is 5.82 Å². The second-order valence-corrected chi connectivity index (χ2v) is 6.15. The Morgan fingerprint density at radius 2 is 1.92 bits per heavy atom. The maximum Gasteiger partial charge on any atom is 0.159 e. The molecule has 0 aliphatic heterocycles. The third-order valence-electron chi connectivity index (χ3n) is 4.22. The van der Waals surface area contributed by atoms with Gasteiger partial charge in [0, 0.05) is 30.5 Å². The lowest BCUT2D eigenvalue weighted by molar-refractivity contribution is 0.363. The number of aromatic nitrogens is 4. The molecule has 24 heavy (non-hydrogen) atoms. The second-order valence-electron chi connectivity index (χ2n) is 6.15. The van der Waals surface area contributed by atoms with Crippen molar-refractivity contribution in [3.8, 4) is 11.4 Å². The Kier molecular flexibility index (Phi) is 5.01. The Balaban J connectivity index is 1.64. The fraction of sp³-hybridized carbons (Fsp3) is 0.316. The van der Waals surface area contributed by atoms with Crippen molar-refractivity contribution in [2.24, 2.45) is 0 Å². The molecule has 1 aromatic carbocycles. The molecule has 5 heteroatoms. The Hall–Kier alpha value is -2.53. The number of hydrogen-bond donors (Lipinski definition) is 1. The highest BCUT2D eigenvalue weighted by Crippen LogP contribution is 2.14. The van der Waals surface area contributed by atoms with Gasteiger partial charge in [0.05, 0.1) is 17.9 Å². The Morgan fingerprint density at radius 3 is 2.62 bits per heavy atom. The number of benzene rings is 1. The van der Waals surface area contributed by atoms with Crippen molar-refractivity contribution in [2.75, 3.05) is 0 Å². The first-order valence-electron chi connectivity index (χ1n) is 8.25. The molecule has 0 amide bonds. The molecule has 124 valence electrons. The van der Waals surface area contributed by atoms with Crippen molar-refractivity contribution in [3.63, 3.8) is 0 Å². The average Bonchev–Trinajstić information content (AvgIpc) is 3.06. The van der Waals surface area contributed by atoms with Crippen LogP contribution in [0.3, 0.4) is 0 Å². The Morgan fingerprint density at radius 1 is 1.12 bits per heavy atom. The van der Waals surface area contributed by atoms with Gasteiger partial charge in [-0.05, 0) is 32.4 Å². The van der Waals surface area contributed by atoms with E-state index in [0.29, 0.717) is 6.54 Å². The molecule has 0 aliphatic rings. The van der Waals surface area contributed by atoms with Crippen molar-refractivity contribution >= 4 is 0 Å². The first-order valence-corrected chi connectivity index (χ1v) is 8.25. The molecule has 0 aliphatic carbocycles. The van der Waals surface area contributed by atoms with Crippen molar-refractivity contribution < 1.29 is 0 Å². The van der Waals surface area contributed by atoms with E-state index in [9.17, 15) is 0 Å². The fourth-order valence-corrected chi connectivity index (χ4v) is 2.54. The van der Waals surface area contributed by atoms with Crippen LogP contribution >= 0.6 is 0 Å². The van der Waals surface area contributed by atoms with E-state index in [1.165, 1.54) is 5.56 Å². The van der Waals surface area contributed by atoms with E-state index in [4.69, 9.17) is 0 Å². The minimum atomic E-state index is 0.272. The predicted octanol–water partition coefficient (Wildman–Crippen LogP) is 3.39. The fourth-order valence-electron chi connectivity index (χ4n) is 2.54. The summed E-state index contributed by atoms with van der Waals surface area (Å²) >= 11 is 0. The van der Waals surface area contributed by atoms with Crippen LogP contribution in [0.25, 0.3) is 11.4 Å². The van der Waals surface area contributed by atoms with Crippen LogP contribution in [-0.2, 0) is 6.54 Å². The molecule has 0 spiro atoms. The molecule has 3 rings (SSSR count). The summed E-state index contributed by atoms with van der Waals surface area (Å²) < 4.78 is 2.00. The maximum absolute atomic E-state index is 4.66. The number of nitrogens with zero attached hydrogens (tertiary/aromatic N) is 4. The van der Waals surface area contributed by atoms with Gasteiger partial charge < -0.3 is 5.32 Å². The summed E-state index contributed by atoms with van der Waals surface area (Å²) in [5.41, 5.74) is 3.20. The highest BCUT2D eigenvalue weighted by atomic mass is 15.3. The third-order valence-corrected chi connectivity index (χ3v) is 4.22. The zero-order chi connectivity index (χ0) is 16.9. The number of aryl methyl sites for hydroxylation is 1. The number of rotatable bonds is 6. The van der Waals surface area contributed by atoms with Crippen LogP contribution in [-0.4, -0.2) is 25.8 Å². The lowest BCUT2D eigenvalue weighted by Crippen LogP contribution is -2.33. The van der Waals surface area contributed by atoms with Gasteiger partial charge in [-0.15, -0.1) is 0 Å². The molecular formula is C19H23N5. The number of hydrogen-bond acceptors (Lipinski definition) is 4. The van der Waals surface area contributed by atoms with E-state index < -0.39 is 0 Å². The van der Waals surface area contributed by atoms with Crippen LogP contribution in [0.5, 0.6) is 0 Å². The monoisotopic (exact) mass is 321 g/mol. The summed E-state index contributed by atoms with van der Waals surface area (Å²) in [4.78, 5) is 9.02. The van der Waals surface area contributed by atoms with Gasteiger partial charge in [-0.25, -0.2) is 9.97 Å². The van der Waals surface area contributed by atoms with E-state index in [-0.39, 0.29) is 12.1 Å². The van der Waals surface area contributed by atoms with Crippen LogP contribution in [0, 0.1) is 6.92 Å². The summed E-state index contributed by atoms with van der Waals surface area (Å²) in [7, 11) is 0. The lowest BCUT2D eigenvalue weighted by Gasteiger charge is -2.21. The van der Waals surface area contributed by atoms with Gasteiger partial charge >= 0.3 is 0 Å². The van der Waals surface area contributed by atoms with Crippen LogP contribution < -0.4 is 5.32 Å². The van der Waals surface area contributed by atoms with Gasteiger partial charge in [0.25, 0.3) is 0 Å². The first-order chi connectivity index (χ1) is 11.6. The molecule has 0 unspecified atom stereocenters. The molecule has 3 aromatic rings. The molecule has 0 saturated carbocycles. The minimum absolute atomic E-state index is 0.272. The van der Waals surface area contributed by atoms with Crippen LogP contribution in [0.15, 0.2) is 55.0 Å².